The third-order valence-electron chi connectivity index (χ3n) is 4.15. The van der Waals surface area contributed by atoms with E-state index in [0.29, 0.717) is 19.1 Å². The molecular formula is C14H17BrN2O2. The topological polar surface area (TPSA) is 43.8 Å². The molecule has 19 heavy (non-hydrogen) atoms. The molecule has 0 bridgehead atoms. The van der Waals surface area contributed by atoms with Crippen LogP contribution in [0.15, 0.2) is 22.7 Å². The quantitative estimate of drug-likeness (QED) is 0.863. The number of likely N-dealkylation sites (tertiary alicyclic amines) is 1. The van der Waals surface area contributed by atoms with Crippen molar-refractivity contribution in [1.82, 2.24) is 4.90 Å². The van der Waals surface area contributed by atoms with Gasteiger partial charge in [-0.15, -0.1) is 0 Å². The van der Waals surface area contributed by atoms with E-state index in [1.54, 1.807) is 0 Å². The van der Waals surface area contributed by atoms with Crippen molar-refractivity contribution in [2.24, 2.45) is 0 Å². The maximum absolute atomic E-state index is 10.9. The second kappa shape index (κ2) is 5.04. The van der Waals surface area contributed by atoms with Crippen molar-refractivity contribution < 1.29 is 9.90 Å². The summed E-state index contributed by atoms with van der Waals surface area (Å²) in [5, 5.41) is 8.99. The number of carboxylic acid groups (broad SMARTS) is 1. The van der Waals surface area contributed by atoms with Crippen LogP contribution in [0.25, 0.3) is 0 Å². The zero-order chi connectivity index (χ0) is 13.4. The number of halogens is 1. The Morgan fingerprint density at radius 2 is 2.00 bits per heavy atom. The second-order valence-electron chi connectivity index (χ2n) is 5.22. The van der Waals surface area contributed by atoms with Crippen molar-refractivity contribution >= 4 is 27.7 Å². The molecule has 5 heteroatoms. The van der Waals surface area contributed by atoms with Gasteiger partial charge in [-0.25, -0.2) is 4.79 Å². The van der Waals surface area contributed by atoms with E-state index in [9.17, 15) is 4.79 Å². The van der Waals surface area contributed by atoms with Crippen molar-refractivity contribution in [3.8, 4) is 0 Å². The molecule has 2 heterocycles. The summed E-state index contributed by atoms with van der Waals surface area (Å²) in [7, 11) is 0. The molecule has 1 amide bonds. The van der Waals surface area contributed by atoms with Crippen LogP contribution < -0.4 is 4.90 Å². The first-order chi connectivity index (χ1) is 9.15. The van der Waals surface area contributed by atoms with Crippen LogP contribution in [0.4, 0.5) is 10.5 Å². The van der Waals surface area contributed by atoms with Crippen LogP contribution in [0.1, 0.15) is 18.4 Å². The molecule has 0 atom stereocenters. The molecular weight excluding hydrogens is 308 g/mol. The molecule has 4 nitrogen and oxygen atoms in total. The minimum atomic E-state index is -0.788. The lowest BCUT2D eigenvalue weighted by Gasteiger charge is -2.37. The predicted molar refractivity (Wildman–Crippen MR) is 77.8 cm³/mol. The Balaban J connectivity index is 1.71. The number of fused-ring (bicyclic) bond motifs is 1. The van der Waals surface area contributed by atoms with Crippen LogP contribution in [0.3, 0.4) is 0 Å². The van der Waals surface area contributed by atoms with Gasteiger partial charge in [-0.2, -0.15) is 0 Å². The van der Waals surface area contributed by atoms with E-state index in [2.05, 4.69) is 39.0 Å². The standard InChI is InChI=1S/C14H17BrN2O2/c15-11-1-2-13-10(9-11)3-8-17(13)12-4-6-16(7-5-12)14(18)19/h1-2,9,12H,3-8H2,(H,18,19). The maximum Gasteiger partial charge on any atom is 0.407 e. The SMILES string of the molecule is O=C(O)N1CCC(N2CCc3cc(Br)ccc32)CC1. The van der Waals surface area contributed by atoms with Crippen LogP contribution in [-0.4, -0.2) is 41.8 Å². The molecule has 0 aliphatic carbocycles. The number of hydrogen-bond acceptors (Lipinski definition) is 2. The summed E-state index contributed by atoms with van der Waals surface area (Å²) in [6, 6.07) is 6.94. The van der Waals surface area contributed by atoms with Crippen LogP contribution in [0.5, 0.6) is 0 Å². The monoisotopic (exact) mass is 324 g/mol. The lowest BCUT2D eigenvalue weighted by molar-refractivity contribution is 0.131. The molecule has 3 rings (SSSR count). The Bertz CT molecular complexity index is 498. The second-order valence-corrected chi connectivity index (χ2v) is 6.13. The van der Waals surface area contributed by atoms with Crippen molar-refractivity contribution in [3.63, 3.8) is 0 Å². The third-order valence-corrected chi connectivity index (χ3v) is 4.64. The lowest BCUT2D eigenvalue weighted by atomic mass is 10.0. The number of amides is 1. The van der Waals surface area contributed by atoms with Gasteiger partial charge in [0.25, 0.3) is 0 Å². The van der Waals surface area contributed by atoms with Crippen LogP contribution in [-0.2, 0) is 6.42 Å². The average Bonchev–Trinajstić information content (AvgIpc) is 2.81. The maximum atomic E-state index is 10.9. The number of carbonyl (C=O) groups is 1. The molecule has 1 aromatic carbocycles. The van der Waals surface area contributed by atoms with Gasteiger partial charge in [-0.05, 0) is 43.0 Å². The van der Waals surface area contributed by atoms with Crippen molar-refractivity contribution in [2.45, 2.75) is 25.3 Å². The number of rotatable bonds is 1. The summed E-state index contributed by atoms with van der Waals surface area (Å²) >= 11 is 3.51. The van der Waals surface area contributed by atoms with Gasteiger partial charge >= 0.3 is 6.09 Å². The summed E-state index contributed by atoms with van der Waals surface area (Å²) in [6.45, 7) is 2.37. The summed E-state index contributed by atoms with van der Waals surface area (Å²) in [4.78, 5) is 14.9. The highest BCUT2D eigenvalue weighted by Crippen LogP contribution is 2.34. The molecule has 1 N–H and O–H groups in total. The molecule has 1 saturated heterocycles. The molecule has 2 aliphatic heterocycles. The first-order valence-electron chi connectivity index (χ1n) is 6.68. The van der Waals surface area contributed by atoms with Crippen LogP contribution >= 0.6 is 15.9 Å². The number of benzene rings is 1. The van der Waals surface area contributed by atoms with Gasteiger partial charge in [0.15, 0.2) is 0 Å². The zero-order valence-electron chi connectivity index (χ0n) is 10.7. The Morgan fingerprint density at radius 3 is 2.68 bits per heavy atom. The molecule has 0 unspecified atom stereocenters. The summed E-state index contributed by atoms with van der Waals surface area (Å²) < 4.78 is 1.13. The Morgan fingerprint density at radius 1 is 1.26 bits per heavy atom. The molecule has 0 saturated carbocycles. The highest BCUT2D eigenvalue weighted by molar-refractivity contribution is 9.10. The number of piperidine rings is 1. The van der Waals surface area contributed by atoms with E-state index in [4.69, 9.17) is 5.11 Å². The van der Waals surface area contributed by atoms with Crippen LogP contribution in [0.2, 0.25) is 0 Å². The zero-order valence-corrected chi connectivity index (χ0v) is 12.3. The highest BCUT2D eigenvalue weighted by atomic mass is 79.9. The van der Waals surface area contributed by atoms with Gasteiger partial charge in [0.05, 0.1) is 0 Å². The molecule has 0 radical (unpaired) electrons. The lowest BCUT2D eigenvalue weighted by Crippen LogP contribution is -2.46. The fourth-order valence-electron chi connectivity index (χ4n) is 3.14. The summed E-state index contributed by atoms with van der Waals surface area (Å²) in [5.74, 6) is 0. The highest BCUT2D eigenvalue weighted by Gasteiger charge is 2.30. The van der Waals surface area contributed by atoms with E-state index in [0.717, 1.165) is 30.3 Å². The molecule has 0 spiro atoms. The molecule has 102 valence electrons. The van der Waals surface area contributed by atoms with Crippen molar-refractivity contribution in [1.29, 1.82) is 0 Å². The van der Waals surface area contributed by atoms with Gasteiger partial charge in [0, 0.05) is 35.8 Å². The molecule has 0 aromatic heterocycles. The predicted octanol–water partition coefficient (Wildman–Crippen LogP) is 2.95. The van der Waals surface area contributed by atoms with Gasteiger partial charge in [0.1, 0.15) is 0 Å². The summed E-state index contributed by atoms with van der Waals surface area (Å²) in [5.41, 5.74) is 2.73. The first-order valence-corrected chi connectivity index (χ1v) is 7.47. The summed E-state index contributed by atoms with van der Waals surface area (Å²) in [6.07, 6.45) is 2.17. The van der Waals surface area contributed by atoms with Gasteiger partial charge in [-0.3, -0.25) is 0 Å². The van der Waals surface area contributed by atoms with Gasteiger partial charge < -0.3 is 14.9 Å². The Kier molecular flexibility index (Phi) is 3.39. The fourth-order valence-corrected chi connectivity index (χ4v) is 3.55. The number of nitrogens with zero attached hydrogens (tertiary/aromatic N) is 2. The molecule has 2 aliphatic rings. The normalized spacial score (nSPS) is 19.6. The van der Waals surface area contributed by atoms with Gasteiger partial charge in [0.2, 0.25) is 0 Å². The van der Waals surface area contributed by atoms with E-state index in [-0.39, 0.29) is 0 Å². The van der Waals surface area contributed by atoms with Crippen molar-refractivity contribution in [2.75, 3.05) is 24.5 Å². The Hall–Kier alpha value is -1.23. The first kappa shape index (κ1) is 12.8. The average molecular weight is 325 g/mol. The minimum Gasteiger partial charge on any atom is -0.465 e. The van der Waals surface area contributed by atoms with E-state index >= 15 is 0 Å². The third kappa shape index (κ3) is 2.43. The van der Waals surface area contributed by atoms with E-state index in [1.165, 1.54) is 16.2 Å². The smallest absolute Gasteiger partial charge is 0.407 e. The Labute approximate surface area is 121 Å². The van der Waals surface area contributed by atoms with E-state index in [1.807, 2.05) is 0 Å². The van der Waals surface area contributed by atoms with Crippen molar-refractivity contribution in [3.05, 3.63) is 28.2 Å². The number of hydrogen-bond donors (Lipinski definition) is 1. The largest absolute Gasteiger partial charge is 0.465 e. The van der Waals surface area contributed by atoms with Crippen LogP contribution in [0, 0.1) is 0 Å². The van der Waals surface area contributed by atoms with Gasteiger partial charge in [-0.1, -0.05) is 15.9 Å². The fraction of sp³-hybridized carbons (Fsp3) is 0.500. The molecule has 1 aromatic rings. The number of anilines is 1. The van der Waals surface area contributed by atoms with E-state index < -0.39 is 6.09 Å². The minimum absolute atomic E-state index is 0.484. The molecule has 1 fully saturated rings.